The van der Waals surface area contributed by atoms with Crippen molar-refractivity contribution in [1.82, 2.24) is 25.6 Å². The molecule has 150 valence electrons. The maximum absolute atomic E-state index is 12.5. The largest absolute Gasteiger partial charge is 0.348 e. The SMILES string of the molecule is O=C(N[C@H]1CCNC1)c1ccnc(Nc2nc3ccc(-c4ccncc4)cc3s2)c1. The molecule has 0 aliphatic carbocycles. The third-order valence-corrected chi connectivity index (χ3v) is 5.99. The lowest BCUT2D eigenvalue weighted by Gasteiger charge is -2.11. The third-order valence-electron chi connectivity index (χ3n) is 5.05. The van der Waals surface area contributed by atoms with E-state index in [0.717, 1.165) is 46.0 Å². The molecule has 1 fully saturated rings. The maximum Gasteiger partial charge on any atom is 0.251 e. The number of hydrogen-bond donors (Lipinski definition) is 3. The number of carbonyl (C=O) groups is 1. The van der Waals surface area contributed by atoms with Gasteiger partial charge in [0.15, 0.2) is 5.13 Å². The summed E-state index contributed by atoms with van der Waals surface area (Å²) >= 11 is 1.55. The number of benzene rings is 1. The van der Waals surface area contributed by atoms with E-state index in [1.54, 1.807) is 42.1 Å². The number of amides is 1. The van der Waals surface area contributed by atoms with Gasteiger partial charge in [0.2, 0.25) is 0 Å². The number of fused-ring (bicyclic) bond motifs is 1. The molecule has 0 saturated carbocycles. The first-order chi connectivity index (χ1) is 14.7. The monoisotopic (exact) mass is 416 g/mol. The minimum Gasteiger partial charge on any atom is -0.348 e. The summed E-state index contributed by atoms with van der Waals surface area (Å²) in [5.74, 6) is 0.515. The summed E-state index contributed by atoms with van der Waals surface area (Å²) in [5.41, 5.74) is 3.74. The molecule has 5 rings (SSSR count). The maximum atomic E-state index is 12.5. The second-order valence-electron chi connectivity index (χ2n) is 7.16. The standard InChI is InChI=1S/C22H20N6OS/c29-21(26-17-6-9-24-13-17)16-5-10-25-20(12-16)28-22-27-18-2-1-15(11-19(18)30-22)14-3-7-23-8-4-14/h1-5,7-8,10-12,17,24H,6,9,13H2,(H,26,29)(H,25,27,28)/t17-/m0/s1. The molecule has 3 N–H and O–H groups in total. The van der Waals surface area contributed by atoms with E-state index < -0.39 is 0 Å². The topological polar surface area (TPSA) is 91.8 Å². The van der Waals surface area contributed by atoms with Gasteiger partial charge in [0.05, 0.1) is 10.2 Å². The van der Waals surface area contributed by atoms with Crippen LogP contribution in [-0.4, -0.2) is 40.0 Å². The van der Waals surface area contributed by atoms with Crippen molar-refractivity contribution in [3.05, 3.63) is 66.6 Å². The van der Waals surface area contributed by atoms with E-state index in [9.17, 15) is 4.79 Å². The number of nitrogens with one attached hydrogen (secondary N) is 3. The van der Waals surface area contributed by atoms with Crippen molar-refractivity contribution >= 4 is 38.4 Å². The van der Waals surface area contributed by atoms with Crippen LogP contribution in [0.3, 0.4) is 0 Å². The lowest BCUT2D eigenvalue weighted by atomic mass is 10.1. The first-order valence-electron chi connectivity index (χ1n) is 9.80. The van der Waals surface area contributed by atoms with Gasteiger partial charge < -0.3 is 16.0 Å². The van der Waals surface area contributed by atoms with Crippen LogP contribution in [0.5, 0.6) is 0 Å². The Hall–Kier alpha value is -3.36. The van der Waals surface area contributed by atoms with Gasteiger partial charge in [-0.05, 0) is 60.5 Å². The Morgan fingerprint density at radius 2 is 1.97 bits per heavy atom. The number of thiazole rings is 1. The number of carbonyl (C=O) groups excluding carboxylic acids is 1. The number of pyridine rings is 2. The van der Waals surface area contributed by atoms with Crippen molar-refractivity contribution in [3.8, 4) is 11.1 Å². The van der Waals surface area contributed by atoms with Crippen molar-refractivity contribution in [1.29, 1.82) is 0 Å². The molecular weight excluding hydrogens is 396 g/mol. The summed E-state index contributed by atoms with van der Waals surface area (Å²) in [5, 5.41) is 10.3. The first kappa shape index (κ1) is 18.7. The number of rotatable bonds is 5. The highest BCUT2D eigenvalue weighted by atomic mass is 32.1. The van der Waals surface area contributed by atoms with Crippen LogP contribution in [0.1, 0.15) is 16.8 Å². The fourth-order valence-corrected chi connectivity index (χ4v) is 4.41. The molecule has 4 heterocycles. The fourth-order valence-electron chi connectivity index (χ4n) is 3.50. The molecule has 1 saturated heterocycles. The molecule has 1 atom stereocenters. The Morgan fingerprint density at radius 1 is 1.07 bits per heavy atom. The highest BCUT2D eigenvalue weighted by molar-refractivity contribution is 7.22. The molecule has 4 aromatic rings. The second-order valence-corrected chi connectivity index (χ2v) is 8.19. The van der Waals surface area contributed by atoms with Gasteiger partial charge >= 0.3 is 0 Å². The van der Waals surface area contributed by atoms with Gasteiger partial charge in [0, 0.05) is 36.7 Å². The third kappa shape index (κ3) is 4.00. The van der Waals surface area contributed by atoms with E-state index in [-0.39, 0.29) is 11.9 Å². The molecule has 1 aromatic carbocycles. The van der Waals surface area contributed by atoms with Gasteiger partial charge in [0.1, 0.15) is 5.82 Å². The van der Waals surface area contributed by atoms with E-state index in [0.29, 0.717) is 11.4 Å². The second kappa shape index (κ2) is 8.17. The average molecular weight is 417 g/mol. The van der Waals surface area contributed by atoms with Crippen LogP contribution < -0.4 is 16.0 Å². The van der Waals surface area contributed by atoms with Gasteiger partial charge in [-0.3, -0.25) is 9.78 Å². The highest BCUT2D eigenvalue weighted by Gasteiger charge is 2.18. The number of nitrogens with zero attached hydrogens (tertiary/aromatic N) is 3. The zero-order valence-electron chi connectivity index (χ0n) is 16.1. The molecule has 8 heteroatoms. The van der Waals surface area contributed by atoms with E-state index in [1.807, 2.05) is 18.2 Å². The molecule has 30 heavy (non-hydrogen) atoms. The van der Waals surface area contributed by atoms with Crippen LogP contribution in [0.25, 0.3) is 21.3 Å². The van der Waals surface area contributed by atoms with E-state index in [2.05, 4.69) is 43.0 Å². The molecular formula is C22H20N6OS. The molecule has 0 unspecified atom stereocenters. The number of hydrogen-bond acceptors (Lipinski definition) is 7. The Labute approximate surface area is 177 Å². The van der Waals surface area contributed by atoms with Gasteiger partial charge in [-0.15, -0.1) is 0 Å². The minimum atomic E-state index is -0.0829. The summed E-state index contributed by atoms with van der Waals surface area (Å²) < 4.78 is 1.08. The lowest BCUT2D eigenvalue weighted by Crippen LogP contribution is -2.36. The smallest absolute Gasteiger partial charge is 0.251 e. The quantitative estimate of drug-likeness (QED) is 0.461. The van der Waals surface area contributed by atoms with Crippen LogP contribution in [0, 0.1) is 0 Å². The van der Waals surface area contributed by atoms with Crippen molar-refractivity contribution in [3.63, 3.8) is 0 Å². The molecule has 1 aliphatic heterocycles. The number of anilines is 2. The fraction of sp³-hybridized carbons (Fsp3) is 0.182. The lowest BCUT2D eigenvalue weighted by molar-refractivity contribution is 0.0940. The predicted octanol–water partition coefficient (Wildman–Crippen LogP) is 3.59. The Balaban J connectivity index is 1.34. The van der Waals surface area contributed by atoms with E-state index in [1.165, 1.54) is 0 Å². The predicted molar refractivity (Wildman–Crippen MR) is 119 cm³/mol. The zero-order valence-corrected chi connectivity index (χ0v) is 16.9. The summed E-state index contributed by atoms with van der Waals surface area (Å²) in [6.07, 6.45) is 6.17. The molecule has 1 aliphatic rings. The van der Waals surface area contributed by atoms with E-state index >= 15 is 0 Å². The summed E-state index contributed by atoms with van der Waals surface area (Å²) in [6.45, 7) is 1.75. The van der Waals surface area contributed by atoms with Gasteiger partial charge in [-0.1, -0.05) is 17.4 Å². The molecule has 3 aromatic heterocycles. The Kier molecular flexibility index (Phi) is 5.08. The van der Waals surface area contributed by atoms with Gasteiger partial charge in [0.25, 0.3) is 5.91 Å². The Bertz CT molecular complexity index is 1190. The molecule has 7 nitrogen and oxygen atoms in total. The van der Waals surface area contributed by atoms with Gasteiger partial charge in [-0.2, -0.15) is 0 Å². The van der Waals surface area contributed by atoms with Crippen molar-refractivity contribution < 1.29 is 4.79 Å². The van der Waals surface area contributed by atoms with Crippen LogP contribution >= 0.6 is 11.3 Å². The van der Waals surface area contributed by atoms with Crippen LogP contribution in [0.2, 0.25) is 0 Å². The molecule has 0 bridgehead atoms. The van der Waals surface area contributed by atoms with Crippen molar-refractivity contribution in [2.75, 3.05) is 18.4 Å². The van der Waals surface area contributed by atoms with Crippen molar-refractivity contribution in [2.45, 2.75) is 12.5 Å². The van der Waals surface area contributed by atoms with Gasteiger partial charge in [-0.25, -0.2) is 9.97 Å². The zero-order chi connectivity index (χ0) is 20.3. The van der Waals surface area contributed by atoms with Crippen molar-refractivity contribution in [2.24, 2.45) is 0 Å². The Morgan fingerprint density at radius 3 is 2.80 bits per heavy atom. The van der Waals surface area contributed by atoms with E-state index in [4.69, 9.17) is 0 Å². The molecule has 0 radical (unpaired) electrons. The van der Waals surface area contributed by atoms with Crippen LogP contribution in [-0.2, 0) is 0 Å². The first-order valence-corrected chi connectivity index (χ1v) is 10.6. The highest BCUT2D eigenvalue weighted by Crippen LogP contribution is 2.31. The molecule has 1 amide bonds. The van der Waals surface area contributed by atoms with Crippen LogP contribution in [0.15, 0.2) is 61.1 Å². The normalized spacial score (nSPS) is 15.9. The summed E-state index contributed by atoms with van der Waals surface area (Å²) in [6, 6.07) is 13.8. The summed E-state index contributed by atoms with van der Waals surface area (Å²) in [7, 11) is 0. The average Bonchev–Trinajstić information content (AvgIpc) is 3.43. The minimum absolute atomic E-state index is 0.0829. The molecule has 0 spiro atoms. The summed E-state index contributed by atoms with van der Waals surface area (Å²) in [4.78, 5) is 25.6. The van der Waals surface area contributed by atoms with Crippen LogP contribution in [0.4, 0.5) is 10.9 Å². The number of aromatic nitrogens is 3.